The molecule has 0 N–H and O–H groups in total. The van der Waals surface area contributed by atoms with E-state index in [0.29, 0.717) is 11.7 Å². The standard InChI is InChI=1S/C12H25NO/c1-7-13(8-2)11(9(3)4)12(14)10(5)6/h9-11H,7-8H2,1-6H3/t11-/m1/s1. The number of Topliss-reactive ketones (excluding diaryl/α,β-unsaturated/α-hetero) is 1. The summed E-state index contributed by atoms with van der Waals surface area (Å²) in [5, 5.41) is 0. The molecule has 0 aromatic rings. The summed E-state index contributed by atoms with van der Waals surface area (Å²) in [7, 11) is 0. The fourth-order valence-electron chi connectivity index (χ4n) is 1.89. The Hall–Kier alpha value is -0.370. The highest BCUT2D eigenvalue weighted by atomic mass is 16.1. The maximum absolute atomic E-state index is 12.0. The summed E-state index contributed by atoms with van der Waals surface area (Å²) in [5.41, 5.74) is 0. The van der Waals surface area contributed by atoms with Gasteiger partial charge in [0.2, 0.25) is 0 Å². The zero-order valence-corrected chi connectivity index (χ0v) is 10.5. The Balaban J connectivity index is 4.66. The molecule has 0 rings (SSSR count). The van der Waals surface area contributed by atoms with Crippen molar-refractivity contribution in [3.63, 3.8) is 0 Å². The van der Waals surface area contributed by atoms with Crippen molar-refractivity contribution in [3.8, 4) is 0 Å². The fraction of sp³-hybridized carbons (Fsp3) is 0.917. The van der Waals surface area contributed by atoms with E-state index in [4.69, 9.17) is 0 Å². The Morgan fingerprint density at radius 3 is 1.71 bits per heavy atom. The van der Waals surface area contributed by atoms with Crippen LogP contribution in [0.1, 0.15) is 41.5 Å². The van der Waals surface area contributed by atoms with E-state index in [-0.39, 0.29) is 12.0 Å². The van der Waals surface area contributed by atoms with Crippen LogP contribution >= 0.6 is 0 Å². The van der Waals surface area contributed by atoms with Crippen molar-refractivity contribution in [2.75, 3.05) is 13.1 Å². The molecule has 0 heterocycles. The van der Waals surface area contributed by atoms with Crippen molar-refractivity contribution in [2.24, 2.45) is 11.8 Å². The van der Waals surface area contributed by atoms with E-state index in [9.17, 15) is 4.79 Å². The molecule has 0 bridgehead atoms. The highest BCUT2D eigenvalue weighted by Crippen LogP contribution is 2.15. The van der Waals surface area contributed by atoms with Crippen LogP contribution in [0.15, 0.2) is 0 Å². The predicted octanol–water partition coefficient (Wildman–Crippen LogP) is 2.58. The Morgan fingerprint density at radius 2 is 1.50 bits per heavy atom. The number of nitrogens with zero attached hydrogens (tertiary/aromatic N) is 1. The summed E-state index contributed by atoms with van der Waals surface area (Å²) >= 11 is 0. The summed E-state index contributed by atoms with van der Waals surface area (Å²) in [6.07, 6.45) is 0. The molecule has 0 aliphatic carbocycles. The molecule has 0 saturated heterocycles. The van der Waals surface area contributed by atoms with E-state index >= 15 is 0 Å². The molecule has 0 aliphatic heterocycles. The summed E-state index contributed by atoms with van der Waals surface area (Å²) in [4.78, 5) is 14.3. The minimum Gasteiger partial charge on any atom is -0.298 e. The summed E-state index contributed by atoms with van der Waals surface area (Å²) < 4.78 is 0. The van der Waals surface area contributed by atoms with Crippen molar-refractivity contribution in [3.05, 3.63) is 0 Å². The lowest BCUT2D eigenvalue weighted by atomic mass is 9.91. The molecule has 84 valence electrons. The third kappa shape index (κ3) is 3.41. The lowest BCUT2D eigenvalue weighted by Gasteiger charge is -2.32. The van der Waals surface area contributed by atoms with Gasteiger partial charge in [0.05, 0.1) is 6.04 Å². The lowest BCUT2D eigenvalue weighted by Crippen LogP contribution is -2.46. The van der Waals surface area contributed by atoms with Crippen LogP contribution in [-0.4, -0.2) is 29.8 Å². The summed E-state index contributed by atoms with van der Waals surface area (Å²) in [6, 6.07) is 0.102. The first kappa shape index (κ1) is 13.6. The molecule has 0 saturated carbocycles. The van der Waals surface area contributed by atoms with Gasteiger partial charge in [0, 0.05) is 5.92 Å². The predicted molar refractivity (Wildman–Crippen MR) is 61.4 cm³/mol. The van der Waals surface area contributed by atoms with E-state index in [1.54, 1.807) is 0 Å². The molecule has 0 aliphatic rings. The van der Waals surface area contributed by atoms with Gasteiger partial charge >= 0.3 is 0 Å². The van der Waals surface area contributed by atoms with Crippen molar-refractivity contribution in [1.82, 2.24) is 4.90 Å². The molecule has 14 heavy (non-hydrogen) atoms. The van der Waals surface area contributed by atoms with Crippen LogP contribution in [0.2, 0.25) is 0 Å². The highest BCUT2D eigenvalue weighted by molar-refractivity contribution is 5.85. The number of carbonyl (C=O) groups is 1. The second kappa shape index (κ2) is 6.18. The fourth-order valence-corrected chi connectivity index (χ4v) is 1.89. The van der Waals surface area contributed by atoms with E-state index in [2.05, 4.69) is 32.6 Å². The van der Waals surface area contributed by atoms with E-state index in [0.717, 1.165) is 13.1 Å². The average Bonchev–Trinajstić information content (AvgIpc) is 2.12. The Bertz CT molecular complexity index is 171. The first-order valence-electron chi connectivity index (χ1n) is 5.73. The maximum Gasteiger partial charge on any atom is 0.152 e. The number of hydrogen-bond acceptors (Lipinski definition) is 2. The third-order valence-electron chi connectivity index (χ3n) is 2.70. The first-order chi connectivity index (χ1) is 6.45. The molecule has 0 aromatic carbocycles. The number of rotatable bonds is 6. The second-order valence-corrected chi connectivity index (χ2v) is 4.47. The van der Waals surface area contributed by atoms with Gasteiger partial charge in [0.15, 0.2) is 5.78 Å². The van der Waals surface area contributed by atoms with Gasteiger partial charge in [0.1, 0.15) is 0 Å². The van der Waals surface area contributed by atoms with E-state index in [1.807, 2.05) is 13.8 Å². The number of carbonyl (C=O) groups excluding carboxylic acids is 1. The Labute approximate surface area is 88.7 Å². The maximum atomic E-state index is 12.0. The van der Waals surface area contributed by atoms with Gasteiger partial charge in [-0.15, -0.1) is 0 Å². The summed E-state index contributed by atoms with van der Waals surface area (Å²) in [5.74, 6) is 0.927. The zero-order valence-electron chi connectivity index (χ0n) is 10.5. The topological polar surface area (TPSA) is 20.3 Å². The molecule has 0 radical (unpaired) electrons. The Kier molecular flexibility index (Phi) is 6.01. The smallest absolute Gasteiger partial charge is 0.152 e. The van der Waals surface area contributed by atoms with Crippen LogP contribution in [0, 0.1) is 11.8 Å². The molecule has 0 unspecified atom stereocenters. The van der Waals surface area contributed by atoms with E-state index in [1.165, 1.54) is 0 Å². The normalized spacial score (nSPS) is 14.1. The lowest BCUT2D eigenvalue weighted by molar-refractivity contribution is -0.128. The molecule has 0 amide bonds. The second-order valence-electron chi connectivity index (χ2n) is 4.47. The monoisotopic (exact) mass is 199 g/mol. The van der Waals surface area contributed by atoms with Crippen LogP contribution < -0.4 is 0 Å². The average molecular weight is 199 g/mol. The SMILES string of the molecule is CCN(CC)[C@@H](C(=O)C(C)C)C(C)C. The largest absolute Gasteiger partial charge is 0.298 e. The third-order valence-corrected chi connectivity index (χ3v) is 2.70. The van der Waals surface area contributed by atoms with Crippen LogP contribution in [0.5, 0.6) is 0 Å². The molecule has 2 heteroatoms. The number of hydrogen-bond donors (Lipinski definition) is 0. The van der Waals surface area contributed by atoms with Crippen LogP contribution in [-0.2, 0) is 4.79 Å². The highest BCUT2D eigenvalue weighted by Gasteiger charge is 2.28. The molecular weight excluding hydrogens is 174 g/mol. The van der Waals surface area contributed by atoms with Crippen molar-refractivity contribution < 1.29 is 4.79 Å². The molecule has 0 spiro atoms. The molecule has 0 fully saturated rings. The van der Waals surface area contributed by atoms with Gasteiger partial charge in [-0.05, 0) is 19.0 Å². The van der Waals surface area contributed by atoms with Gasteiger partial charge in [-0.1, -0.05) is 41.5 Å². The quantitative estimate of drug-likeness (QED) is 0.655. The van der Waals surface area contributed by atoms with Gasteiger partial charge in [0.25, 0.3) is 0 Å². The molecule has 0 aromatic heterocycles. The molecule has 1 atom stereocenters. The van der Waals surface area contributed by atoms with Gasteiger partial charge in [-0.25, -0.2) is 0 Å². The van der Waals surface area contributed by atoms with Crippen molar-refractivity contribution in [1.29, 1.82) is 0 Å². The Morgan fingerprint density at radius 1 is 1.07 bits per heavy atom. The van der Waals surface area contributed by atoms with Gasteiger partial charge in [-0.2, -0.15) is 0 Å². The molecule has 2 nitrogen and oxygen atoms in total. The van der Waals surface area contributed by atoms with Crippen LogP contribution in [0.25, 0.3) is 0 Å². The number of likely N-dealkylation sites (N-methyl/N-ethyl adjacent to an activating group) is 1. The first-order valence-corrected chi connectivity index (χ1v) is 5.73. The van der Waals surface area contributed by atoms with Crippen LogP contribution in [0.4, 0.5) is 0 Å². The van der Waals surface area contributed by atoms with Gasteiger partial charge < -0.3 is 0 Å². The zero-order chi connectivity index (χ0) is 11.3. The summed E-state index contributed by atoms with van der Waals surface area (Å²) in [6.45, 7) is 14.4. The van der Waals surface area contributed by atoms with Gasteiger partial charge in [-0.3, -0.25) is 9.69 Å². The number of ketones is 1. The molecular formula is C12H25NO. The minimum absolute atomic E-state index is 0.102. The van der Waals surface area contributed by atoms with Crippen molar-refractivity contribution in [2.45, 2.75) is 47.6 Å². The van der Waals surface area contributed by atoms with Crippen molar-refractivity contribution >= 4 is 5.78 Å². The van der Waals surface area contributed by atoms with Crippen LogP contribution in [0.3, 0.4) is 0 Å². The van der Waals surface area contributed by atoms with E-state index < -0.39 is 0 Å². The minimum atomic E-state index is 0.102.